The number of aromatic nitrogens is 3. The van der Waals surface area contributed by atoms with E-state index in [4.69, 9.17) is 5.10 Å². The first-order valence-corrected chi connectivity index (χ1v) is 8.55. The molecule has 0 amide bonds. The number of aryl methyl sites for hydroxylation is 1. The van der Waals surface area contributed by atoms with Crippen LogP contribution in [0.1, 0.15) is 23.7 Å². The Bertz CT molecular complexity index is 794. The Hall–Kier alpha value is -2.50. The van der Waals surface area contributed by atoms with Gasteiger partial charge in [-0.1, -0.05) is 60.2 Å². The van der Waals surface area contributed by atoms with Crippen molar-refractivity contribution in [1.82, 2.24) is 20.3 Å². The summed E-state index contributed by atoms with van der Waals surface area (Å²) in [5, 5.41) is 22.0. The Morgan fingerprint density at radius 3 is 2.44 bits per heavy atom. The van der Waals surface area contributed by atoms with Gasteiger partial charge in [0.25, 0.3) is 0 Å². The SMILES string of the molecule is Cc1ccc(Cn2nc(CNC[C@H](C)O)c(-c3ccccc3)n2)cc1. The monoisotopic (exact) mass is 336 g/mol. The topological polar surface area (TPSA) is 63.0 Å². The Balaban J connectivity index is 1.84. The minimum atomic E-state index is -0.386. The minimum absolute atomic E-state index is 0.386. The van der Waals surface area contributed by atoms with Gasteiger partial charge < -0.3 is 10.4 Å². The summed E-state index contributed by atoms with van der Waals surface area (Å²) in [7, 11) is 0. The maximum Gasteiger partial charge on any atom is 0.117 e. The summed E-state index contributed by atoms with van der Waals surface area (Å²) >= 11 is 0. The van der Waals surface area contributed by atoms with Gasteiger partial charge in [-0.2, -0.15) is 15.0 Å². The van der Waals surface area contributed by atoms with Gasteiger partial charge in [-0.3, -0.25) is 0 Å². The standard InChI is InChI=1S/C20H24N4O/c1-15-8-10-17(11-9-15)14-24-22-19(13-21-12-16(2)25)20(23-24)18-6-4-3-5-7-18/h3-11,16,21,25H,12-14H2,1-2H3/t16-/m0/s1. The molecule has 2 N–H and O–H groups in total. The molecule has 1 aromatic heterocycles. The van der Waals surface area contributed by atoms with Crippen molar-refractivity contribution in [3.8, 4) is 11.3 Å². The van der Waals surface area contributed by atoms with Crippen molar-refractivity contribution in [2.24, 2.45) is 0 Å². The van der Waals surface area contributed by atoms with Crippen LogP contribution in [0.25, 0.3) is 11.3 Å². The van der Waals surface area contributed by atoms with E-state index in [-0.39, 0.29) is 6.10 Å². The molecule has 130 valence electrons. The fourth-order valence-corrected chi connectivity index (χ4v) is 2.65. The molecule has 3 rings (SSSR count). The minimum Gasteiger partial charge on any atom is -0.392 e. The average molecular weight is 336 g/mol. The first-order valence-electron chi connectivity index (χ1n) is 8.55. The highest BCUT2D eigenvalue weighted by molar-refractivity contribution is 5.60. The molecule has 0 unspecified atom stereocenters. The molecule has 1 heterocycles. The molecular weight excluding hydrogens is 312 g/mol. The maximum absolute atomic E-state index is 9.44. The molecule has 0 saturated heterocycles. The number of rotatable bonds is 7. The van der Waals surface area contributed by atoms with Crippen LogP contribution in [-0.2, 0) is 13.1 Å². The lowest BCUT2D eigenvalue weighted by atomic mass is 10.1. The molecule has 0 bridgehead atoms. The van der Waals surface area contributed by atoms with Crippen LogP contribution in [0.3, 0.4) is 0 Å². The van der Waals surface area contributed by atoms with Crippen molar-refractivity contribution in [2.45, 2.75) is 33.0 Å². The number of nitrogens with zero attached hydrogens (tertiary/aromatic N) is 3. The van der Waals surface area contributed by atoms with E-state index in [2.05, 4.69) is 41.6 Å². The predicted octanol–water partition coefficient (Wildman–Crippen LogP) is 2.77. The molecule has 0 aliphatic rings. The van der Waals surface area contributed by atoms with E-state index in [1.165, 1.54) is 11.1 Å². The van der Waals surface area contributed by atoms with E-state index in [9.17, 15) is 5.11 Å². The normalized spacial score (nSPS) is 12.3. The first kappa shape index (κ1) is 17.3. The van der Waals surface area contributed by atoms with Crippen LogP contribution < -0.4 is 5.32 Å². The van der Waals surface area contributed by atoms with Crippen LogP contribution in [0.4, 0.5) is 0 Å². The van der Waals surface area contributed by atoms with Crippen molar-refractivity contribution in [3.63, 3.8) is 0 Å². The smallest absolute Gasteiger partial charge is 0.117 e. The van der Waals surface area contributed by atoms with Crippen LogP contribution in [0.15, 0.2) is 54.6 Å². The van der Waals surface area contributed by atoms with E-state index in [1.807, 2.05) is 30.3 Å². The van der Waals surface area contributed by atoms with Crippen molar-refractivity contribution in [2.75, 3.05) is 6.54 Å². The molecule has 0 radical (unpaired) electrons. The van der Waals surface area contributed by atoms with Gasteiger partial charge in [0.15, 0.2) is 0 Å². The fraction of sp³-hybridized carbons (Fsp3) is 0.300. The Morgan fingerprint density at radius 1 is 1.04 bits per heavy atom. The van der Waals surface area contributed by atoms with Gasteiger partial charge in [0.1, 0.15) is 11.4 Å². The second-order valence-corrected chi connectivity index (χ2v) is 6.36. The second kappa shape index (κ2) is 8.05. The van der Waals surface area contributed by atoms with E-state index in [0.717, 1.165) is 17.0 Å². The zero-order valence-electron chi connectivity index (χ0n) is 14.7. The van der Waals surface area contributed by atoms with Crippen LogP contribution in [0.2, 0.25) is 0 Å². The lowest BCUT2D eigenvalue weighted by Crippen LogP contribution is -2.24. The van der Waals surface area contributed by atoms with Crippen LogP contribution >= 0.6 is 0 Å². The molecule has 0 aliphatic heterocycles. The Morgan fingerprint density at radius 2 is 1.76 bits per heavy atom. The number of aliphatic hydroxyl groups excluding tert-OH is 1. The van der Waals surface area contributed by atoms with Gasteiger partial charge in [-0.25, -0.2) is 0 Å². The number of hydrogen-bond acceptors (Lipinski definition) is 4. The van der Waals surface area contributed by atoms with Gasteiger partial charge in [-0.05, 0) is 19.4 Å². The van der Waals surface area contributed by atoms with Crippen LogP contribution in [0.5, 0.6) is 0 Å². The number of hydrogen-bond donors (Lipinski definition) is 2. The highest BCUT2D eigenvalue weighted by Gasteiger charge is 2.13. The van der Waals surface area contributed by atoms with Crippen molar-refractivity contribution >= 4 is 0 Å². The van der Waals surface area contributed by atoms with Gasteiger partial charge in [0.2, 0.25) is 0 Å². The van der Waals surface area contributed by atoms with Crippen molar-refractivity contribution in [1.29, 1.82) is 0 Å². The zero-order chi connectivity index (χ0) is 17.6. The summed E-state index contributed by atoms with van der Waals surface area (Å²) in [6, 6.07) is 18.5. The molecule has 5 nitrogen and oxygen atoms in total. The summed E-state index contributed by atoms with van der Waals surface area (Å²) in [6.45, 7) is 5.58. The lowest BCUT2D eigenvalue weighted by Gasteiger charge is -2.05. The summed E-state index contributed by atoms with van der Waals surface area (Å²) in [4.78, 5) is 1.74. The lowest BCUT2D eigenvalue weighted by molar-refractivity contribution is 0.191. The molecule has 25 heavy (non-hydrogen) atoms. The van der Waals surface area contributed by atoms with E-state index < -0.39 is 0 Å². The molecular formula is C20H24N4O. The molecule has 0 aliphatic carbocycles. The highest BCUT2D eigenvalue weighted by Crippen LogP contribution is 2.20. The molecule has 2 aromatic carbocycles. The van der Waals surface area contributed by atoms with Crippen LogP contribution in [-0.4, -0.2) is 32.7 Å². The third-order valence-corrected chi connectivity index (χ3v) is 3.95. The van der Waals surface area contributed by atoms with Crippen molar-refractivity contribution < 1.29 is 5.11 Å². The van der Waals surface area contributed by atoms with Gasteiger partial charge in [0, 0.05) is 18.7 Å². The summed E-state index contributed by atoms with van der Waals surface area (Å²) in [5.74, 6) is 0. The average Bonchev–Trinajstić information content (AvgIpc) is 3.00. The molecule has 5 heteroatoms. The first-order chi connectivity index (χ1) is 12.1. The quantitative estimate of drug-likeness (QED) is 0.696. The van der Waals surface area contributed by atoms with Crippen molar-refractivity contribution in [3.05, 3.63) is 71.4 Å². The Kier molecular flexibility index (Phi) is 5.58. The predicted molar refractivity (Wildman–Crippen MR) is 99.1 cm³/mol. The number of aliphatic hydroxyl groups is 1. The molecule has 1 atom stereocenters. The summed E-state index contributed by atoms with van der Waals surface area (Å²) in [6.07, 6.45) is -0.386. The van der Waals surface area contributed by atoms with Gasteiger partial charge in [-0.15, -0.1) is 0 Å². The van der Waals surface area contributed by atoms with Gasteiger partial charge >= 0.3 is 0 Å². The number of benzene rings is 2. The molecule has 0 fully saturated rings. The fourth-order valence-electron chi connectivity index (χ4n) is 2.65. The summed E-state index contributed by atoms with van der Waals surface area (Å²) in [5.41, 5.74) is 5.23. The maximum atomic E-state index is 9.44. The highest BCUT2D eigenvalue weighted by atomic mass is 16.3. The molecule has 3 aromatic rings. The van der Waals surface area contributed by atoms with E-state index >= 15 is 0 Å². The molecule has 0 spiro atoms. The van der Waals surface area contributed by atoms with Gasteiger partial charge in [0.05, 0.1) is 12.6 Å². The number of nitrogens with one attached hydrogen (secondary N) is 1. The Labute approximate surface area is 148 Å². The largest absolute Gasteiger partial charge is 0.392 e. The second-order valence-electron chi connectivity index (χ2n) is 6.36. The molecule has 0 saturated carbocycles. The van der Waals surface area contributed by atoms with E-state index in [0.29, 0.717) is 19.6 Å². The zero-order valence-corrected chi connectivity index (χ0v) is 14.7. The third kappa shape index (κ3) is 4.75. The summed E-state index contributed by atoms with van der Waals surface area (Å²) < 4.78 is 0. The van der Waals surface area contributed by atoms with Crippen LogP contribution in [0, 0.1) is 6.92 Å². The van der Waals surface area contributed by atoms with E-state index in [1.54, 1.807) is 11.7 Å². The third-order valence-electron chi connectivity index (χ3n) is 3.95.